The number of aromatic nitrogens is 2. The molecular formula is C22H19ClFN5O2S. The highest BCUT2D eigenvalue weighted by Gasteiger charge is 2.25. The Balaban J connectivity index is 0.00000245. The summed E-state index contributed by atoms with van der Waals surface area (Å²) in [6.07, 6.45) is 3.27. The summed E-state index contributed by atoms with van der Waals surface area (Å²) in [5.74, 6) is -0.686. The zero-order valence-electron chi connectivity index (χ0n) is 16.8. The van der Waals surface area contributed by atoms with E-state index >= 15 is 0 Å². The number of carbonyl (C=O) groups is 2. The molecule has 10 heteroatoms. The van der Waals surface area contributed by atoms with Crippen LogP contribution in [0.4, 0.5) is 14.9 Å². The van der Waals surface area contributed by atoms with E-state index in [1.54, 1.807) is 30.5 Å². The molecule has 2 aliphatic rings. The highest BCUT2D eigenvalue weighted by Crippen LogP contribution is 2.32. The first kappa shape index (κ1) is 22.2. The quantitative estimate of drug-likeness (QED) is 0.564. The highest BCUT2D eigenvalue weighted by atomic mass is 35.5. The summed E-state index contributed by atoms with van der Waals surface area (Å²) < 4.78 is 15.0. The van der Waals surface area contributed by atoms with E-state index in [0.29, 0.717) is 21.7 Å². The van der Waals surface area contributed by atoms with Gasteiger partial charge >= 0.3 is 0 Å². The van der Waals surface area contributed by atoms with E-state index in [0.717, 1.165) is 54.5 Å². The van der Waals surface area contributed by atoms with E-state index in [-0.39, 0.29) is 23.5 Å². The number of imide groups is 1. The Morgan fingerprint density at radius 1 is 1.09 bits per heavy atom. The minimum absolute atomic E-state index is 0. The van der Waals surface area contributed by atoms with Crippen LogP contribution in [0.2, 0.25) is 0 Å². The number of fused-ring (bicyclic) bond motifs is 1. The third-order valence-corrected chi connectivity index (χ3v) is 6.13. The van der Waals surface area contributed by atoms with Crippen molar-refractivity contribution in [2.45, 2.75) is 0 Å². The van der Waals surface area contributed by atoms with Crippen LogP contribution in [0.3, 0.4) is 0 Å². The maximum atomic E-state index is 15.0. The van der Waals surface area contributed by atoms with Crippen molar-refractivity contribution in [3.63, 3.8) is 0 Å². The summed E-state index contributed by atoms with van der Waals surface area (Å²) in [5.41, 5.74) is 3.44. The first-order valence-electron chi connectivity index (χ1n) is 9.84. The maximum Gasteiger partial charge on any atom is 0.290 e. The lowest BCUT2D eigenvalue weighted by atomic mass is 10.00. The molecule has 3 aromatic rings. The number of nitrogens with zero attached hydrogens (tertiary/aromatic N) is 3. The smallest absolute Gasteiger partial charge is 0.290 e. The predicted molar refractivity (Wildman–Crippen MR) is 126 cm³/mol. The number of hydrogen-bond donors (Lipinski definition) is 2. The second-order valence-electron chi connectivity index (χ2n) is 7.29. The second kappa shape index (κ2) is 9.23. The normalized spacial score (nSPS) is 17.5. The van der Waals surface area contributed by atoms with Crippen LogP contribution in [0.5, 0.6) is 0 Å². The SMILES string of the molecule is Cl.O=C1NC(=O)C(=Cc2ccc3nncc(-c4ccc(N5CCNCC5)c(F)c4)c3c2)S1. The van der Waals surface area contributed by atoms with Gasteiger partial charge in [-0.3, -0.25) is 14.9 Å². The molecule has 32 heavy (non-hydrogen) atoms. The van der Waals surface area contributed by atoms with Gasteiger partial charge in [-0.25, -0.2) is 4.39 Å². The minimum Gasteiger partial charge on any atom is -0.367 e. The van der Waals surface area contributed by atoms with Crippen molar-refractivity contribution in [1.29, 1.82) is 0 Å². The fraction of sp³-hybridized carbons (Fsp3) is 0.182. The molecule has 0 atom stereocenters. The van der Waals surface area contributed by atoms with Crippen molar-refractivity contribution in [3.05, 3.63) is 58.9 Å². The van der Waals surface area contributed by atoms with Crippen LogP contribution in [0.25, 0.3) is 28.1 Å². The molecule has 2 saturated heterocycles. The van der Waals surface area contributed by atoms with Gasteiger partial charge in [0.15, 0.2) is 0 Å². The standard InChI is InChI=1S/C22H18FN5O2S.ClH/c23-17-11-14(2-4-19(17)28-7-5-24-6-8-28)16-12-25-27-18-3-1-13(9-15(16)18)10-20-21(29)26-22(30)31-20;/h1-4,9-12,24H,5-8H2,(H,26,29,30);1H. The lowest BCUT2D eigenvalue weighted by Gasteiger charge is -2.29. The number of amides is 2. The summed E-state index contributed by atoms with van der Waals surface area (Å²) in [6, 6.07) is 10.7. The van der Waals surface area contributed by atoms with E-state index in [4.69, 9.17) is 0 Å². The molecule has 0 radical (unpaired) electrons. The van der Waals surface area contributed by atoms with E-state index in [9.17, 15) is 14.0 Å². The molecule has 3 heterocycles. The Morgan fingerprint density at radius 3 is 2.62 bits per heavy atom. The molecule has 0 aliphatic carbocycles. The summed E-state index contributed by atoms with van der Waals surface area (Å²) in [7, 11) is 0. The van der Waals surface area contributed by atoms with E-state index in [1.165, 1.54) is 6.07 Å². The first-order valence-corrected chi connectivity index (χ1v) is 10.7. The van der Waals surface area contributed by atoms with Crippen LogP contribution in [0.1, 0.15) is 5.56 Å². The molecule has 1 aromatic heterocycles. The number of benzene rings is 2. The zero-order valence-corrected chi connectivity index (χ0v) is 18.4. The van der Waals surface area contributed by atoms with Crippen molar-refractivity contribution in [3.8, 4) is 11.1 Å². The van der Waals surface area contributed by atoms with Crippen LogP contribution in [0, 0.1) is 5.82 Å². The van der Waals surface area contributed by atoms with Gasteiger partial charge in [0.2, 0.25) is 0 Å². The summed E-state index contributed by atoms with van der Waals surface area (Å²) in [6.45, 7) is 3.20. The molecule has 0 unspecified atom stereocenters. The molecule has 2 N–H and O–H groups in total. The Morgan fingerprint density at radius 2 is 1.91 bits per heavy atom. The molecule has 0 spiro atoms. The average molecular weight is 472 g/mol. The molecule has 164 valence electrons. The molecule has 2 aliphatic heterocycles. The lowest BCUT2D eigenvalue weighted by molar-refractivity contribution is -0.115. The number of thioether (sulfide) groups is 1. The molecule has 7 nitrogen and oxygen atoms in total. The van der Waals surface area contributed by atoms with E-state index in [2.05, 4.69) is 20.8 Å². The van der Waals surface area contributed by atoms with Gasteiger partial charge in [-0.2, -0.15) is 10.2 Å². The number of rotatable bonds is 3. The monoisotopic (exact) mass is 471 g/mol. The van der Waals surface area contributed by atoms with Gasteiger partial charge in [0, 0.05) is 37.1 Å². The average Bonchev–Trinajstić information content (AvgIpc) is 3.10. The molecule has 2 fully saturated rings. The Bertz CT molecular complexity index is 1250. The van der Waals surface area contributed by atoms with Crippen molar-refractivity contribution in [2.75, 3.05) is 31.1 Å². The fourth-order valence-electron chi connectivity index (χ4n) is 3.80. The van der Waals surface area contributed by atoms with Crippen molar-refractivity contribution < 1.29 is 14.0 Å². The summed E-state index contributed by atoms with van der Waals surface area (Å²) in [5, 5.41) is 14.1. The molecular weight excluding hydrogens is 453 g/mol. The topological polar surface area (TPSA) is 87.2 Å². The molecule has 0 bridgehead atoms. The van der Waals surface area contributed by atoms with Crippen molar-refractivity contribution in [1.82, 2.24) is 20.8 Å². The predicted octanol–water partition coefficient (Wildman–Crippen LogP) is 3.59. The third kappa shape index (κ3) is 4.32. The Hall–Kier alpha value is -3.01. The molecule has 2 aromatic carbocycles. The van der Waals surface area contributed by atoms with E-state index < -0.39 is 5.91 Å². The lowest BCUT2D eigenvalue weighted by Crippen LogP contribution is -2.43. The molecule has 2 amide bonds. The van der Waals surface area contributed by atoms with Gasteiger partial charge < -0.3 is 10.2 Å². The summed E-state index contributed by atoms with van der Waals surface area (Å²) >= 11 is 0.866. The van der Waals surface area contributed by atoms with Crippen LogP contribution in [-0.2, 0) is 4.79 Å². The van der Waals surface area contributed by atoms with Gasteiger partial charge in [0.25, 0.3) is 11.1 Å². The largest absolute Gasteiger partial charge is 0.367 e. The van der Waals surface area contributed by atoms with Crippen molar-refractivity contribution >= 4 is 58.0 Å². The van der Waals surface area contributed by atoms with Gasteiger partial charge in [-0.05, 0) is 53.2 Å². The fourth-order valence-corrected chi connectivity index (χ4v) is 4.49. The van der Waals surface area contributed by atoms with Crippen LogP contribution < -0.4 is 15.5 Å². The van der Waals surface area contributed by atoms with Crippen LogP contribution >= 0.6 is 24.2 Å². The van der Waals surface area contributed by atoms with E-state index in [1.807, 2.05) is 17.0 Å². The highest BCUT2D eigenvalue weighted by molar-refractivity contribution is 8.18. The third-order valence-electron chi connectivity index (χ3n) is 5.32. The molecule has 0 saturated carbocycles. The number of hydrogen-bond acceptors (Lipinski definition) is 7. The number of carbonyl (C=O) groups excluding carboxylic acids is 2. The minimum atomic E-state index is -0.409. The second-order valence-corrected chi connectivity index (χ2v) is 8.31. The number of halogens is 2. The van der Waals surface area contributed by atoms with Crippen molar-refractivity contribution in [2.24, 2.45) is 0 Å². The first-order chi connectivity index (χ1) is 15.1. The number of anilines is 1. The molecule has 5 rings (SSSR count). The number of nitrogens with one attached hydrogen (secondary N) is 2. The van der Waals surface area contributed by atoms with Gasteiger partial charge in [0.05, 0.1) is 22.3 Å². The number of piperazine rings is 1. The van der Waals surface area contributed by atoms with Gasteiger partial charge in [0.1, 0.15) is 5.82 Å². The Kier molecular flexibility index (Phi) is 6.40. The van der Waals surface area contributed by atoms with Gasteiger partial charge in [-0.15, -0.1) is 12.4 Å². The van der Waals surface area contributed by atoms with Crippen LogP contribution in [0.15, 0.2) is 47.5 Å². The zero-order chi connectivity index (χ0) is 21.4. The van der Waals surface area contributed by atoms with Gasteiger partial charge in [-0.1, -0.05) is 12.1 Å². The van der Waals surface area contributed by atoms with Crippen LogP contribution in [-0.4, -0.2) is 47.5 Å². The summed E-state index contributed by atoms with van der Waals surface area (Å²) in [4.78, 5) is 25.6. The Labute approximate surface area is 193 Å². The maximum absolute atomic E-state index is 15.0.